The van der Waals surface area contributed by atoms with Gasteiger partial charge in [0.15, 0.2) is 0 Å². The summed E-state index contributed by atoms with van der Waals surface area (Å²) >= 11 is 2.13. The molecule has 1 aliphatic rings. The maximum atomic E-state index is 13.6. The van der Waals surface area contributed by atoms with Gasteiger partial charge in [0.25, 0.3) is 0 Å². The summed E-state index contributed by atoms with van der Waals surface area (Å²) in [6.07, 6.45) is 3.97. The van der Waals surface area contributed by atoms with Crippen molar-refractivity contribution in [1.82, 2.24) is 10.2 Å². The summed E-state index contributed by atoms with van der Waals surface area (Å²) in [6.45, 7) is 3.72. The fourth-order valence-corrected chi connectivity index (χ4v) is 4.87. The van der Waals surface area contributed by atoms with Gasteiger partial charge in [-0.05, 0) is 77.8 Å². The Balaban J connectivity index is 1.94. The van der Waals surface area contributed by atoms with Gasteiger partial charge >= 0.3 is 0 Å². The average Bonchev–Trinajstić information content (AvgIpc) is 2.91. The lowest BCUT2D eigenvalue weighted by Gasteiger charge is -2.40. The van der Waals surface area contributed by atoms with Crippen molar-refractivity contribution in [3.8, 4) is 5.75 Å². The van der Waals surface area contributed by atoms with E-state index in [-0.39, 0.29) is 44.3 Å². The van der Waals surface area contributed by atoms with E-state index >= 15 is 0 Å². The van der Waals surface area contributed by atoms with E-state index in [0.29, 0.717) is 23.3 Å². The largest absolute Gasteiger partial charge is 0.482 e. The molecule has 1 aliphatic carbocycles. The van der Waals surface area contributed by atoms with Gasteiger partial charge < -0.3 is 25.2 Å². The molecule has 7 nitrogen and oxygen atoms in total. The highest BCUT2D eigenvalue weighted by atomic mass is 127. The Morgan fingerprint density at radius 1 is 1.18 bits per heavy atom. The Kier molecular flexibility index (Phi) is 11.8. The summed E-state index contributed by atoms with van der Waals surface area (Å²) in [5, 5.41) is 23.3. The number of halogens is 2. The van der Waals surface area contributed by atoms with Crippen LogP contribution >= 0.6 is 22.6 Å². The standard InChI is InChI=1S/C29H34FIN2O5/c1-2-3-4-5-10-27(35)33(19-20-11-13-22(30)14-12-20)24-17-21(29(37)32-15-16-34)18-26(28(24)36)38-25-9-7-6-8-23(25)31/h2,6-9,11-14,18,24,26,28,34,36H,1,3-5,10,15-17,19H2,(H,32,37)/t24-,26+,28+/m1/s1. The number of nitrogens with zero attached hydrogens (tertiary/aromatic N) is 1. The molecule has 204 valence electrons. The van der Waals surface area contributed by atoms with Crippen LogP contribution in [0.1, 0.15) is 37.7 Å². The minimum atomic E-state index is -1.13. The topological polar surface area (TPSA) is 99.1 Å². The molecule has 2 aromatic rings. The second kappa shape index (κ2) is 15.0. The smallest absolute Gasteiger partial charge is 0.247 e. The second-order valence-corrected chi connectivity index (χ2v) is 10.3. The fourth-order valence-electron chi connectivity index (χ4n) is 4.35. The molecular weight excluding hydrogens is 602 g/mol. The average molecular weight is 637 g/mol. The molecule has 0 aliphatic heterocycles. The number of rotatable bonds is 13. The number of benzene rings is 2. The van der Waals surface area contributed by atoms with Crippen molar-refractivity contribution in [2.24, 2.45) is 0 Å². The predicted molar refractivity (Wildman–Crippen MR) is 152 cm³/mol. The summed E-state index contributed by atoms with van der Waals surface area (Å²) in [6, 6.07) is 12.4. The lowest BCUT2D eigenvalue weighted by atomic mass is 9.87. The molecule has 0 radical (unpaired) electrons. The summed E-state index contributed by atoms with van der Waals surface area (Å²) in [7, 11) is 0. The van der Waals surface area contributed by atoms with Crippen LogP contribution in [0.2, 0.25) is 0 Å². The number of unbranched alkanes of at least 4 members (excludes halogenated alkanes) is 2. The molecule has 0 saturated heterocycles. The van der Waals surface area contributed by atoms with Gasteiger partial charge in [-0.25, -0.2) is 4.39 Å². The second-order valence-electron chi connectivity index (χ2n) is 9.13. The molecule has 3 atom stereocenters. The third-order valence-electron chi connectivity index (χ3n) is 6.35. The maximum absolute atomic E-state index is 13.6. The predicted octanol–water partition coefficient (Wildman–Crippen LogP) is 4.12. The Labute approximate surface area is 236 Å². The zero-order valence-corrected chi connectivity index (χ0v) is 23.3. The molecule has 0 heterocycles. The molecule has 2 amide bonds. The van der Waals surface area contributed by atoms with Crippen LogP contribution in [0.25, 0.3) is 0 Å². The van der Waals surface area contributed by atoms with E-state index in [0.717, 1.165) is 16.4 Å². The monoisotopic (exact) mass is 636 g/mol. The molecule has 0 spiro atoms. The molecule has 0 aromatic heterocycles. The van der Waals surface area contributed by atoms with Crippen LogP contribution in [0.4, 0.5) is 4.39 Å². The summed E-state index contributed by atoms with van der Waals surface area (Å²) < 4.78 is 20.6. The van der Waals surface area contributed by atoms with E-state index in [1.807, 2.05) is 18.2 Å². The minimum Gasteiger partial charge on any atom is -0.482 e. The number of aliphatic hydroxyl groups excluding tert-OH is 2. The van der Waals surface area contributed by atoms with Crippen LogP contribution in [0.3, 0.4) is 0 Å². The Hall–Kier alpha value is -2.76. The Morgan fingerprint density at radius 3 is 2.61 bits per heavy atom. The van der Waals surface area contributed by atoms with Crippen LogP contribution in [0, 0.1) is 9.39 Å². The normalized spacial score (nSPS) is 18.8. The molecule has 0 bridgehead atoms. The molecular formula is C29H34FIN2O5. The van der Waals surface area contributed by atoms with Crippen LogP contribution < -0.4 is 10.1 Å². The van der Waals surface area contributed by atoms with Crippen molar-refractivity contribution in [1.29, 1.82) is 0 Å². The zero-order valence-electron chi connectivity index (χ0n) is 21.2. The van der Waals surface area contributed by atoms with Crippen molar-refractivity contribution in [2.75, 3.05) is 13.2 Å². The van der Waals surface area contributed by atoms with Gasteiger partial charge in [0.05, 0.1) is 16.2 Å². The van der Waals surface area contributed by atoms with E-state index in [4.69, 9.17) is 9.84 Å². The highest BCUT2D eigenvalue weighted by Crippen LogP contribution is 2.31. The lowest BCUT2D eigenvalue weighted by Crippen LogP contribution is -2.54. The van der Waals surface area contributed by atoms with E-state index in [1.165, 1.54) is 12.1 Å². The first-order valence-electron chi connectivity index (χ1n) is 12.7. The van der Waals surface area contributed by atoms with Crippen LogP contribution in [-0.4, -0.2) is 58.3 Å². The number of carbonyl (C=O) groups excluding carboxylic acids is 2. The number of ether oxygens (including phenoxy) is 1. The van der Waals surface area contributed by atoms with Crippen molar-refractivity contribution in [2.45, 2.75) is 56.9 Å². The van der Waals surface area contributed by atoms with E-state index in [2.05, 4.69) is 34.5 Å². The maximum Gasteiger partial charge on any atom is 0.247 e. The highest BCUT2D eigenvalue weighted by Gasteiger charge is 2.40. The van der Waals surface area contributed by atoms with Gasteiger partial charge in [-0.3, -0.25) is 9.59 Å². The number of para-hydroxylation sites is 1. The SMILES string of the molecule is C=CCCCCC(=O)N(Cc1ccc(F)cc1)[C@@H]1CC(C(=O)NCCO)=C[C@H](Oc2ccccc2I)[C@H]1O. The molecule has 9 heteroatoms. The van der Waals surface area contributed by atoms with Crippen molar-refractivity contribution < 1.29 is 28.9 Å². The number of aliphatic hydroxyl groups is 2. The first kappa shape index (κ1) is 29.8. The van der Waals surface area contributed by atoms with E-state index in [9.17, 15) is 19.1 Å². The fraction of sp³-hybridized carbons (Fsp3) is 0.379. The first-order valence-corrected chi connectivity index (χ1v) is 13.8. The van der Waals surface area contributed by atoms with Crippen molar-refractivity contribution in [3.05, 3.63) is 87.8 Å². The molecule has 3 rings (SSSR count). The van der Waals surface area contributed by atoms with Gasteiger partial charge in [-0.1, -0.05) is 30.3 Å². The van der Waals surface area contributed by atoms with E-state index < -0.39 is 24.2 Å². The minimum absolute atomic E-state index is 0.0764. The number of amides is 2. The molecule has 0 fully saturated rings. The Bertz CT molecular complexity index is 1120. The highest BCUT2D eigenvalue weighted by molar-refractivity contribution is 14.1. The molecule has 0 unspecified atom stereocenters. The molecule has 2 aromatic carbocycles. The van der Waals surface area contributed by atoms with Gasteiger partial charge in [0.1, 0.15) is 23.8 Å². The first-order chi connectivity index (χ1) is 18.3. The van der Waals surface area contributed by atoms with Gasteiger partial charge in [-0.15, -0.1) is 6.58 Å². The number of hydrogen-bond acceptors (Lipinski definition) is 5. The zero-order chi connectivity index (χ0) is 27.5. The number of hydrogen-bond donors (Lipinski definition) is 3. The Morgan fingerprint density at radius 2 is 1.92 bits per heavy atom. The third kappa shape index (κ3) is 8.37. The number of carbonyl (C=O) groups is 2. The summed E-state index contributed by atoms with van der Waals surface area (Å²) in [5.41, 5.74) is 1.06. The van der Waals surface area contributed by atoms with E-state index in [1.54, 1.807) is 35.3 Å². The van der Waals surface area contributed by atoms with Crippen LogP contribution in [0.15, 0.2) is 72.8 Å². The lowest BCUT2D eigenvalue weighted by molar-refractivity contribution is -0.139. The van der Waals surface area contributed by atoms with Crippen LogP contribution in [-0.2, 0) is 16.1 Å². The van der Waals surface area contributed by atoms with Crippen molar-refractivity contribution >= 4 is 34.4 Å². The summed E-state index contributed by atoms with van der Waals surface area (Å²) in [4.78, 5) is 28.0. The van der Waals surface area contributed by atoms with Crippen LogP contribution in [0.5, 0.6) is 5.75 Å². The summed E-state index contributed by atoms with van der Waals surface area (Å²) in [5.74, 6) is -0.407. The third-order valence-corrected chi connectivity index (χ3v) is 7.24. The van der Waals surface area contributed by atoms with Gasteiger partial charge in [-0.2, -0.15) is 0 Å². The van der Waals surface area contributed by atoms with Crippen molar-refractivity contribution in [3.63, 3.8) is 0 Å². The number of nitrogens with one attached hydrogen (secondary N) is 1. The molecule has 0 saturated carbocycles. The van der Waals surface area contributed by atoms with Gasteiger partial charge in [0, 0.05) is 31.5 Å². The molecule has 3 N–H and O–H groups in total. The molecule has 38 heavy (non-hydrogen) atoms. The number of allylic oxidation sites excluding steroid dienone is 1. The van der Waals surface area contributed by atoms with Gasteiger partial charge in [0.2, 0.25) is 11.8 Å². The quantitative estimate of drug-likeness (QED) is 0.175.